The molecule has 0 radical (unpaired) electrons. The second kappa shape index (κ2) is 3.17. The van der Waals surface area contributed by atoms with Crippen LogP contribution in [0.4, 0.5) is 5.69 Å². The van der Waals surface area contributed by atoms with Crippen LogP contribution in [-0.4, -0.2) is 12.1 Å². The minimum Gasteiger partial charge on any atom is -0.397 e. The van der Waals surface area contributed by atoms with Crippen molar-refractivity contribution in [3.63, 3.8) is 0 Å². The van der Waals surface area contributed by atoms with Crippen molar-refractivity contribution < 1.29 is 8.85 Å². The maximum absolute atomic E-state index is 7.44. The Hall–Kier alpha value is -1.09. The van der Waals surface area contributed by atoms with Crippen molar-refractivity contribution in [2.24, 2.45) is 0 Å². The highest BCUT2D eigenvalue weighted by atomic mass is 16.5. The Kier molecular flexibility index (Phi) is 1.25. The van der Waals surface area contributed by atoms with E-state index in [9.17, 15) is 0 Å². The molecular formula is C7H10N2O. The Labute approximate surface area is 64.0 Å². The molecule has 0 aromatic carbocycles. The lowest BCUT2D eigenvalue weighted by molar-refractivity contribution is 0.181. The van der Waals surface area contributed by atoms with Gasteiger partial charge in [0.1, 0.15) is 0 Å². The number of hydrogen-bond donors (Lipinski definition) is 1. The topological polar surface area (TPSA) is 48.1 Å². The standard InChI is InChI=1S/C7H10N2O/c1-10-5-7-3-2-6(8)4-9-7/h2-4H,5,8H2,1H3/i2D,3D,4D. The SMILES string of the molecule is [2H]c1nc(COC)c([2H])c([2H])c1N. The summed E-state index contributed by atoms with van der Waals surface area (Å²) in [6, 6.07) is -0.234. The van der Waals surface area contributed by atoms with Gasteiger partial charge in [0.05, 0.1) is 28.3 Å². The number of anilines is 1. The number of nitrogens with zero attached hydrogens (tertiary/aromatic N) is 1. The average molecular weight is 141 g/mol. The number of pyridine rings is 1. The van der Waals surface area contributed by atoms with E-state index in [0.717, 1.165) is 0 Å². The van der Waals surface area contributed by atoms with Gasteiger partial charge < -0.3 is 10.5 Å². The van der Waals surface area contributed by atoms with Gasteiger partial charge in [0.2, 0.25) is 0 Å². The molecular weight excluding hydrogens is 128 g/mol. The van der Waals surface area contributed by atoms with Crippen LogP contribution >= 0.6 is 0 Å². The Morgan fingerprint density at radius 3 is 3.30 bits per heavy atom. The molecule has 0 atom stereocenters. The van der Waals surface area contributed by atoms with E-state index in [4.69, 9.17) is 14.6 Å². The van der Waals surface area contributed by atoms with Crippen molar-refractivity contribution >= 4 is 5.69 Å². The molecule has 10 heavy (non-hydrogen) atoms. The maximum atomic E-state index is 7.44. The molecule has 1 aromatic rings. The molecule has 0 amide bonds. The third-order valence-electron chi connectivity index (χ3n) is 0.934. The van der Waals surface area contributed by atoms with Gasteiger partial charge in [-0.3, -0.25) is 4.98 Å². The summed E-state index contributed by atoms with van der Waals surface area (Å²) in [7, 11) is 1.46. The Morgan fingerprint density at radius 2 is 2.60 bits per heavy atom. The lowest BCUT2D eigenvalue weighted by Crippen LogP contribution is -1.93. The fourth-order valence-corrected chi connectivity index (χ4v) is 0.528. The first-order valence-electron chi connectivity index (χ1n) is 4.29. The quantitative estimate of drug-likeness (QED) is 0.663. The predicted molar refractivity (Wildman–Crippen MR) is 39.4 cm³/mol. The minimum absolute atomic E-state index is 0.0650. The molecule has 3 heteroatoms. The van der Waals surface area contributed by atoms with Crippen LogP contribution in [0, 0.1) is 0 Å². The number of rotatable bonds is 2. The number of methoxy groups -OCH3 is 1. The van der Waals surface area contributed by atoms with E-state index in [2.05, 4.69) is 4.98 Å². The fraction of sp³-hybridized carbons (Fsp3) is 0.286. The number of nitrogens with two attached hydrogens (primary N) is 1. The third-order valence-corrected chi connectivity index (χ3v) is 0.934. The first-order valence-corrected chi connectivity index (χ1v) is 2.79. The molecule has 0 aliphatic carbocycles. The molecule has 1 heterocycles. The van der Waals surface area contributed by atoms with Crippen molar-refractivity contribution in [2.45, 2.75) is 6.61 Å². The van der Waals surface area contributed by atoms with Gasteiger partial charge in [-0.1, -0.05) is 0 Å². The van der Waals surface area contributed by atoms with Crippen LogP contribution in [0.15, 0.2) is 18.3 Å². The van der Waals surface area contributed by atoms with Crippen molar-refractivity contribution in [3.8, 4) is 0 Å². The van der Waals surface area contributed by atoms with Gasteiger partial charge >= 0.3 is 0 Å². The summed E-state index contributed by atoms with van der Waals surface area (Å²) in [6.07, 6.45) is -0.173. The first-order chi connectivity index (χ1) is 6.07. The van der Waals surface area contributed by atoms with Gasteiger partial charge in [-0.25, -0.2) is 0 Å². The molecule has 0 spiro atoms. The lowest BCUT2D eigenvalue weighted by Gasteiger charge is -1.97. The summed E-state index contributed by atoms with van der Waals surface area (Å²) in [5.41, 5.74) is 5.55. The van der Waals surface area contributed by atoms with Crippen LogP contribution in [0.2, 0.25) is 0 Å². The van der Waals surface area contributed by atoms with Crippen LogP contribution in [0.5, 0.6) is 0 Å². The monoisotopic (exact) mass is 141 g/mol. The highest BCUT2D eigenvalue weighted by Gasteiger charge is 1.90. The Morgan fingerprint density at radius 1 is 1.80 bits per heavy atom. The van der Waals surface area contributed by atoms with Crippen LogP contribution in [0.1, 0.15) is 9.81 Å². The molecule has 0 fully saturated rings. The lowest BCUT2D eigenvalue weighted by atomic mass is 10.3. The van der Waals surface area contributed by atoms with Crippen molar-refractivity contribution in [1.29, 1.82) is 0 Å². The van der Waals surface area contributed by atoms with Gasteiger partial charge in [0.15, 0.2) is 0 Å². The zero-order chi connectivity index (χ0) is 10.0. The molecule has 0 saturated carbocycles. The Balaban J connectivity index is 3.24. The summed E-state index contributed by atoms with van der Waals surface area (Å²) >= 11 is 0. The van der Waals surface area contributed by atoms with Crippen LogP contribution in [0.25, 0.3) is 0 Å². The molecule has 0 aliphatic heterocycles. The molecule has 2 N–H and O–H groups in total. The number of aromatic nitrogens is 1. The normalized spacial score (nSPS) is 13.9. The van der Waals surface area contributed by atoms with Crippen LogP contribution in [-0.2, 0) is 11.3 Å². The molecule has 0 unspecified atom stereocenters. The number of nitrogen functional groups attached to an aromatic ring is 1. The molecule has 0 aliphatic rings. The molecule has 0 bridgehead atoms. The summed E-state index contributed by atoms with van der Waals surface area (Å²) in [5.74, 6) is 0. The summed E-state index contributed by atoms with van der Waals surface area (Å²) < 4.78 is 26.9. The largest absolute Gasteiger partial charge is 0.397 e. The highest BCUT2D eigenvalue weighted by molar-refractivity contribution is 5.34. The molecule has 1 aromatic heterocycles. The highest BCUT2D eigenvalue weighted by Crippen LogP contribution is 2.01. The van der Waals surface area contributed by atoms with E-state index in [0.29, 0.717) is 0 Å². The molecule has 1 rings (SSSR count). The van der Waals surface area contributed by atoms with E-state index >= 15 is 0 Å². The van der Waals surface area contributed by atoms with Crippen LogP contribution in [0.3, 0.4) is 0 Å². The molecule has 3 nitrogen and oxygen atoms in total. The van der Waals surface area contributed by atoms with Crippen molar-refractivity contribution in [3.05, 3.63) is 24.0 Å². The maximum Gasteiger partial charge on any atom is 0.0884 e. The zero-order valence-corrected chi connectivity index (χ0v) is 5.64. The zero-order valence-electron chi connectivity index (χ0n) is 8.64. The van der Waals surface area contributed by atoms with Crippen LogP contribution < -0.4 is 5.73 Å². The predicted octanol–water partition coefficient (Wildman–Crippen LogP) is 0.810. The summed E-state index contributed by atoms with van der Waals surface area (Å²) in [5, 5.41) is 0. The fourth-order valence-electron chi connectivity index (χ4n) is 0.528. The summed E-state index contributed by atoms with van der Waals surface area (Å²) in [6.45, 7) is 0.122. The third kappa shape index (κ3) is 1.70. The minimum atomic E-state index is -0.173. The molecule has 54 valence electrons. The van der Waals surface area contributed by atoms with E-state index in [1.807, 2.05) is 0 Å². The van der Waals surface area contributed by atoms with Gasteiger partial charge in [0, 0.05) is 7.11 Å². The first kappa shape index (κ1) is 3.93. The van der Waals surface area contributed by atoms with Gasteiger partial charge in [0.25, 0.3) is 0 Å². The van der Waals surface area contributed by atoms with Crippen molar-refractivity contribution in [1.82, 2.24) is 4.98 Å². The van der Waals surface area contributed by atoms with Gasteiger partial charge in [-0.15, -0.1) is 0 Å². The van der Waals surface area contributed by atoms with Gasteiger partial charge in [-0.05, 0) is 12.1 Å². The number of hydrogen-bond acceptors (Lipinski definition) is 3. The molecule has 0 saturated heterocycles. The number of ether oxygens (including phenoxy) is 1. The smallest absolute Gasteiger partial charge is 0.0884 e. The van der Waals surface area contributed by atoms with Gasteiger partial charge in [-0.2, -0.15) is 0 Å². The van der Waals surface area contributed by atoms with Crippen molar-refractivity contribution in [2.75, 3.05) is 12.8 Å². The van der Waals surface area contributed by atoms with E-state index < -0.39 is 0 Å². The van der Waals surface area contributed by atoms with E-state index in [-0.39, 0.29) is 36.2 Å². The van der Waals surface area contributed by atoms with E-state index in [1.165, 1.54) is 7.11 Å². The second-order valence-electron chi connectivity index (χ2n) is 1.77. The van der Waals surface area contributed by atoms with E-state index in [1.54, 1.807) is 0 Å². The summed E-state index contributed by atoms with van der Waals surface area (Å²) in [4.78, 5) is 3.73. The average Bonchev–Trinajstić information content (AvgIpc) is 2.11. The Bertz CT molecular complexity index is 330. The second-order valence-corrected chi connectivity index (χ2v) is 1.77.